The molecule has 0 spiro atoms. The first kappa shape index (κ1) is 14.3. The second-order valence-electron chi connectivity index (χ2n) is 3.18. The average Bonchev–Trinajstić information content (AvgIpc) is 2.23. The summed E-state index contributed by atoms with van der Waals surface area (Å²) in [5.74, 6) is 1.19. The van der Waals surface area contributed by atoms with Crippen LogP contribution in [0.4, 0.5) is 4.79 Å². The first-order chi connectivity index (χ1) is 7.51. The second-order valence-corrected chi connectivity index (χ2v) is 3.18. The fraction of sp³-hybridized carbons (Fsp3) is 0.600. The van der Waals surface area contributed by atoms with E-state index in [4.69, 9.17) is 16.3 Å². The van der Waals surface area contributed by atoms with Crippen LogP contribution in [-0.4, -0.2) is 42.9 Å². The Bertz CT molecular complexity index is 285. The molecule has 0 bridgehead atoms. The number of rotatable bonds is 6. The molecular weight excluding hydrogens is 212 g/mol. The number of amides is 2. The van der Waals surface area contributed by atoms with Crippen LogP contribution in [-0.2, 0) is 9.53 Å². The minimum Gasteiger partial charge on any atom is -0.480 e. The van der Waals surface area contributed by atoms with E-state index in [1.807, 2.05) is 0 Å². The van der Waals surface area contributed by atoms with Crippen molar-refractivity contribution in [3.63, 3.8) is 0 Å². The van der Waals surface area contributed by atoms with Gasteiger partial charge < -0.3 is 20.5 Å². The van der Waals surface area contributed by atoms with Gasteiger partial charge in [0.25, 0.3) is 0 Å². The zero-order valence-electron chi connectivity index (χ0n) is 9.32. The van der Waals surface area contributed by atoms with Crippen molar-refractivity contribution in [2.45, 2.75) is 25.4 Å². The van der Waals surface area contributed by atoms with Crippen LogP contribution < -0.4 is 10.6 Å². The van der Waals surface area contributed by atoms with Gasteiger partial charge in [0.15, 0.2) is 0 Å². The lowest BCUT2D eigenvalue weighted by molar-refractivity contribution is -0.139. The zero-order valence-corrected chi connectivity index (χ0v) is 9.32. The fourth-order valence-corrected chi connectivity index (χ4v) is 0.931. The minimum absolute atomic E-state index is 0.198. The van der Waals surface area contributed by atoms with E-state index in [-0.39, 0.29) is 13.0 Å². The van der Waals surface area contributed by atoms with Gasteiger partial charge in [-0.1, -0.05) is 5.92 Å². The first-order valence-electron chi connectivity index (χ1n) is 4.76. The van der Waals surface area contributed by atoms with Gasteiger partial charge in [0, 0.05) is 20.1 Å². The van der Waals surface area contributed by atoms with Gasteiger partial charge in [-0.05, 0) is 6.92 Å². The van der Waals surface area contributed by atoms with Crippen LogP contribution in [0.15, 0.2) is 0 Å². The van der Waals surface area contributed by atoms with Gasteiger partial charge in [-0.15, -0.1) is 6.42 Å². The standard InChI is InChI=1S/C10H16N2O4/c1-4-7(2)11-10(15)12-8(9(13)14)5-6-16-3/h1,7-8H,5-6H2,2-3H3,(H,13,14)(H2,11,12,15). The van der Waals surface area contributed by atoms with Crippen molar-refractivity contribution in [1.82, 2.24) is 10.6 Å². The number of hydrogen-bond acceptors (Lipinski definition) is 3. The molecule has 6 nitrogen and oxygen atoms in total. The monoisotopic (exact) mass is 228 g/mol. The number of ether oxygens (including phenoxy) is 1. The summed E-state index contributed by atoms with van der Waals surface area (Å²) in [7, 11) is 1.46. The zero-order chi connectivity index (χ0) is 12.6. The topological polar surface area (TPSA) is 87.7 Å². The predicted molar refractivity (Wildman–Crippen MR) is 57.9 cm³/mol. The number of methoxy groups -OCH3 is 1. The maximum Gasteiger partial charge on any atom is 0.326 e. The number of carboxylic acid groups (broad SMARTS) is 1. The summed E-state index contributed by atoms with van der Waals surface area (Å²) in [5, 5.41) is 13.5. The third-order valence-electron chi connectivity index (χ3n) is 1.81. The number of carbonyl (C=O) groups is 2. The van der Waals surface area contributed by atoms with Crippen LogP contribution >= 0.6 is 0 Å². The molecule has 0 aromatic carbocycles. The number of urea groups is 1. The third-order valence-corrected chi connectivity index (χ3v) is 1.81. The molecule has 2 unspecified atom stereocenters. The molecule has 90 valence electrons. The molecule has 0 fully saturated rings. The van der Waals surface area contributed by atoms with Crippen LogP contribution in [0.5, 0.6) is 0 Å². The summed E-state index contributed by atoms with van der Waals surface area (Å²) >= 11 is 0. The van der Waals surface area contributed by atoms with Crippen LogP contribution in [0, 0.1) is 12.3 Å². The minimum atomic E-state index is -1.11. The van der Waals surface area contributed by atoms with Crippen molar-refractivity contribution in [3.05, 3.63) is 0 Å². The number of hydrogen-bond donors (Lipinski definition) is 3. The molecule has 0 aromatic heterocycles. The Hall–Kier alpha value is -1.74. The molecule has 0 saturated heterocycles. The van der Waals surface area contributed by atoms with Crippen molar-refractivity contribution >= 4 is 12.0 Å². The highest BCUT2D eigenvalue weighted by Gasteiger charge is 2.19. The van der Waals surface area contributed by atoms with E-state index in [9.17, 15) is 9.59 Å². The molecule has 3 N–H and O–H groups in total. The van der Waals surface area contributed by atoms with Crippen LogP contribution in [0.2, 0.25) is 0 Å². The highest BCUT2D eigenvalue weighted by Crippen LogP contribution is 1.93. The SMILES string of the molecule is C#CC(C)NC(=O)NC(CCOC)C(=O)O. The lowest BCUT2D eigenvalue weighted by atomic mass is 10.2. The van der Waals surface area contributed by atoms with Crippen LogP contribution in [0.3, 0.4) is 0 Å². The number of aliphatic carboxylic acids is 1. The van der Waals surface area contributed by atoms with Gasteiger partial charge >= 0.3 is 12.0 Å². The number of carbonyl (C=O) groups excluding carboxylic acids is 1. The highest BCUT2D eigenvalue weighted by molar-refractivity contribution is 5.82. The Morgan fingerprint density at radius 2 is 2.12 bits per heavy atom. The Kier molecular flexibility index (Phi) is 6.72. The Morgan fingerprint density at radius 3 is 2.56 bits per heavy atom. The molecule has 6 heteroatoms. The molecule has 0 aliphatic rings. The maximum atomic E-state index is 11.3. The van der Waals surface area contributed by atoms with Gasteiger partial charge in [0.05, 0.1) is 6.04 Å². The normalized spacial score (nSPS) is 13.3. The molecule has 0 saturated carbocycles. The predicted octanol–water partition coefficient (Wildman–Crippen LogP) is -0.203. The van der Waals surface area contributed by atoms with E-state index in [2.05, 4.69) is 16.6 Å². The molecule has 0 heterocycles. The molecule has 0 aliphatic heterocycles. The highest BCUT2D eigenvalue weighted by atomic mass is 16.5. The molecule has 16 heavy (non-hydrogen) atoms. The second kappa shape index (κ2) is 7.54. The van der Waals surface area contributed by atoms with E-state index in [0.29, 0.717) is 0 Å². The van der Waals surface area contributed by atoms with E-state index in [1.54, 1.807) is 6.92 Å². The Morgan fingerprint density at radius 1 is 1.50 bits per heavy atom. The molecule has 2 atom stereocenters. The molecule has 2 amide bonds. The van der Waals surface area contributed by atoms with Crippen molar-refractivity contribution < 1.29 is 19.4 Å². The number of terminal acetylenes is 1. The van der Waals surface area contributed by atoms with Gasteiger partial charge in [0.1, 0.15) is 6.04 Å². The number of nitrogens with one attached hydrogen (secondary N) is 2. The summed E-state index contributed by atoms with van der Waals surface area (Å²) in [5.41, 5.74) is 0. The van der Waals surface area contributed by atoms with Gasteiger partial charge in [-0.3, -0.25) is 0 Å². The lowest BCUT2D eigenvalue weighted by Gasteiger charge is -2.15. The van der Waals surface area contributed by atoms with E-state index < -0.39 is 24.1 Å². The summed E-state index contributed by atoms with van der Waals surface area (Å²) in [6.45, 7) is 1.87. The lowest BCUT2D eigenvalue weighted by Crippen LogP contribution is -2.48. The smallest absolute Gasteiger partial charge is 0.326 e. The number of carboxylic acids is 1. The third kappa shape index (κ3) is 5.88. The van der Waals surface area contributed by atoms with E-state index in [0.717, 1.165) is 0 Å². The van der Waals surface area contributed by atoms with Crippen molar-refractivity contribution in [2.24, 2.45) is 0 Å². The van der Waals surface area contributed by atoms with E-state index in [1.165, 1.54) is 7.11 Å². The van der Waals surface area contributed by atoms with Crippen LogP contribution in [0.1, 0.15) is 13.3 Å². The van der Waals surface area contributed by atoms with Crippen molar-refractivity contribution in [2.75, 3.05) is 13.7 Å². The summed E-state index contributed by atoms with van der Waals surface area (Å²) in [6, 6.07) is -2.03. The largest absolute Gasteiger partial charge is 0.480 e. The molecular formula is C10H16N2O4. The first-order valence-corrected chi connectivity index (χ1v) is 4.76. The molecule has 0 radical (unpaired) electrons. The summed E-state index contributed by atoms with van der Waals surface area (Å²) in [6.07, 6.45) is 5.26. The van der Waals surface area contributed by atoms with E-state index >= 15 is 0 Å². The maximum absolute atomic E-state index is 11.3. The van der Waals surface area contributed by atoms with Gasteiger partial charge in [-0.2, -0.15) is 0 Å². The Balaban J connectivity index is 4.14. The average molecular weight is 228 g/mol. The quantitative estimate of drug-likeness (QED) is 0.549. The molecule has 0 aromatic rings. The Labute approximate surface area is 94.4 Å². The van der Waals surface area contributed by atoms with Crippen molar-refractivity contribution in [3.8, 4) is 12.3 Å². The van der Waals surface area contributed by atoms with Gasteiger partial charge in [0.2, 0.25) is 0 Å². The van der Waals surface area contributed by atoms with Crippen molar-refractivity contribution in [1.29, 1.82) is 0 Å². The summed E-state index contributed by atoms with van der Waals surface area (Å²) in [4.78, 5) is 22.0. The summed E-state index contributed by atoms with van der Waals surface area (Å²) < 4.78 is 4.74. The molecule has 0 rings (SSSR count). The molecule has 0 aliphatic carbocycles. The fourth-order valence-electron chi connectivity index (χ4n) is 0.931. The van der Waals surface area contributed by atoms with Gasteiger partial charge in [-0.25, -0.2) is 9.59 Å². The van der Waals surface area contributed by atoms with Crippen LogP contribution in [0.25, 0.3) is 0 Å².